The number of benzene rings is 1. The zero-order valence-corrected chi connectivity index (χ0v) is 10.8. The SMILES string of the molecule is Cc1cccc(CN2CC(CCN)OCC2=O)c1. The minimum absolute atomic E-state index is 0.0600. The van der Waals surface area contributed by atoms with E-state index in [4.69, 9.17) is 10.5 Å². The Balaban J connectivity index is 2.00. The zero-order valence-electron chi connectivity index (χ0n) is 10.8. The number of morpholine rings is 1. The minimum atomic E-state index is 0.0600. The van der Waals surface area contributed by atoms with Crippen molar-refractivity contribution in [1.82, 2.24) is 4.90 Å². The zero-order chi connectivity index (χ0) is 13.0. The number of amides is 1. The molecule has 4 nitrogen and oxygen atoms in total. The summed E-state index contributed by atoms with van der Waals surface area (Å²) in [6, 6.07) is 8.24. The number of hydrogen-bond acceptors (Lipinski definition) is 3. The highest BCUT2D eigenvalue weighted by Gasteiger charge is 2.25. The molecule has 0 spiro atoms. The van der Waals surface area contributed by atoms with Crippen LogP contribution in [-0.4, -0.2) is 36.6 Å². The Morgan fingerprint density at radius 1 is 1.50 bits per heavy atom. The Hall–Kier alpha value is -1.39. The van der Waals surface area contributed by atoms with Gasteiger partial charge in [0.1, 0.15) is 6.61 Å². The third kappa shape index (κ3) is 3.31. The monoisotopic (exact) mass is 248 g/mol. The maximum Gasteiger partial charge on any atom is 0.248 e. The van der Waals surface area contributed by atoms with Crippen molar-refractivity contribution in [2.45, 2.75) is 26.0 Å². The maximum absolute atomic E-state index is 11.8. The molecule has 1 aromatic rings. The number of nitrogens with zero attached hydrogens (tertiary/aromatic N) is 1. The molecule has 0 aliphatic carbocycles. The van der Waals surface area contributed by atoms with Gasteiger partial charge in [0.05, 0.1) is 6.10 Å². The van der Waals surface area contributed by atoms with Gasteiger partial charge in [0, 0.05) is 13.1 Å². The standard InChI is InChI=1S/C14H20N2O2/c1-11-3-2-4-12(7-11)8-16-9-13(5-6-15)18-10-14(16)17/h2-4,7,13H,5-6,8-10,15H2,1H3. The lowest BCUT2D eigenvalue weighted by atomic mass is 10.1. The summed E-state index contributed by atoms with van der Waals surface area (Å²) in [5.74, 6) is 0.0600. The van der Waals surface area contributed by atoms with Gasteiger partial charge in [0.25, 0.3) is 0 Å². The Morgan fingerprint density at radius 3 is 3.06 bits per heavy atom. The largest absolute Gasteiger partial charge is 0.367 e. The van der Waals surface area contributed by atoms with Crippen LogP contribution in [0, 0.1) is 6.92 Å². The second-order valence-corrected chi connectivity index (χ2v) is 4.77. The molecule has 1 unspecified atom stereocenters. The summed E-state index contributed by atoms with van der Waals surface area (Å²) in [5, 5.41) is 0. The number of aryl methyl sites for hydroxylation is 1. The normalized spacial score (nSPS) is 20.2. The smallest absolute Gasteiger partial charge is 0.248 e. The first kappa shape index (κ1) is 13.1. The molecular formula is C14H20N2O2. The van der Waals surface area contributed by atoms with E-state index in [1.54, 1.807) is 0 Å². The van der Waals surface area contributed by atoms with Gasteiger partial charge in [-0.1, -0.05) is 29.8 Å². The molecule has 18 heavy (non-hydrogen) atoms. The molecule has 1 aliphatic heterocycles. The van der Waals surface area contributed by atoms with Gasteiger partial charge in [0.15, 0.2) is 0 Å². The number of rotatable bonds is 4. The first-order chi connectivity index (χ1) is 8.69. The Morgan fingerprint density at radius 2 is 2.33 bits per heavy atom. The summed E-state index contributed by atoms with van der Waals surface area (Å²) in [6.45, 7) is 4.13. The third-order valence-electron chi connectivity index (χ3n) is 3.16. The molecule has 0 saturated carbocycles. The van der Waals surface area contributed by atoms with E-state index in [9.17, 15) is 4.79 Å². The van der Waals surface area contributed by atoms with Gasteiger partial charge in [-0.2, -0.15) is 0 Å². The van der Waals surface area contributed by atoms with Crippen LogP contribution < -0.4 is 5.73 Å². The van der Waals surface area contributed by atoms with Crippen LogP contribution in [0.25, 0.3) is 0 Å². The molecule has 0 radical (unpaired) electrons. The average Bonchev–Trinajstić information content (AvgIpc) is 2.34. The minimum Gasteiger partial charge on any atom is -0.367 e. The lowest BCUT2D eigenvalue weighted by Crippen LogP contribution is -2.46. The first-order valence-corrected chi connectivity index (χ1v) is 6.34. The van der Waals surface area contributed by atoms with Crippen LogP contribution in [0.5, 0.6) is 0 Å². The molecule has 1 amide bonds. The third-order valence-corrected chi connectivity index (χ3v) is 3.16. The molecule has 0 aromatic heterocycles. The van der Waals surface area contributed by atoms with E-state index in [1.807, 2.05) is 17.0 Å². The van der Waals surface area contributed by atoms with Crippen LogP contribution in [0.1, 0.15) is 17.5 Å². The number of carbonyl (C=O) groups excluding carboxylic acids is 1. The van der Waals surface area contributed by atoms with Gasteiger partial charge in [-0.3, -0.25) is 4.79 Å². The summed E-state index contributed by atoms with van der Waals surface area (Å²) in [6.07, 6.45) is 0.884. The van der Waals surface area contributed by atoms with E-state index >= 15 is 0 Å². The molecule has 1 fully saturated rings. The van der Waals surface area contributed by atoms with Gasteiger partial charge < -0.3 is 15.4 Å². The van der Waals surface area contributed by atoms with Crippen LogP contribution in [0.4, 0.5) is 0 Å². The van der Waals surface area contributed by atoms with E-state index < -0.39 is 0 Å². The fraction of sp³-hybridized carbons (Fsp3) is 0.500. The number of ether oxygens (including phenoxy) is 1. The highest BCUT2D eigenvalue weighted by molar-refractivity contribution is 5.78. The Kier molecular flexibility index (Phi) is 4.33. The molecule has 4 heteroatoms. The van der Waals surface area contributed by atoms with Crippen LogP contribution in [0.2, 0.25) is 0 Å². The Bertz CT molecular complexity index is 420. The van der Waals surface area contributed by atoms with Crippen molar-refractivity contribution in [1.29, 1.82) is 0 Å². The summed E-state index contributed by atoms with van der Waals surface area (Å²) in [4.78, 5) is 13.7. The van der Waals surface area contributed by atoms with Crippen LogP contribution in [-0.2, 0) is 16.1 Å². The maximum atomic E-state index is 11.8. The summed E-state index contributed by atoms with van der Waals surface area (Å²) >= 11 is 0. The predicted octanol–water partition coefficient (Wildman–Crippen LogP) is 1.07. The summed E-state index contributed by atoms with van der Waals surface area (Å²) in [7, 11) is 0. The summed E-state index contributed by atoms with van der Waals surface area (Å²) in [5.41, 5.74) is 7.91. The van der Waals surface area contributed by atoms with E-state index in [-0.39, 0.29) is 18.6 Å². The van der Waals surface area contributed by atoms with E-state index in [0.717, 1.165) is 12.0 Å². The van der Waals surface area contributed by atoms with Gasteiger partial charge in [-0.05, 0) is 25.5 Å². The van der Waals surface area contributed by atoms with E-state index in [0.29, 0.717) is 19.6 Å². The molecule has 0 bridgehead atoms. The molecule has 1 heterocycles. The second-order valence-electron chi connectivity index (χ2n) is 4.77. The second kappa shape index (κ2) is 5.98. The fourth-order valence-electron chi connectivity index (χ4n) is 2.22. The lowest BCUT2D eigenvalue weighted by Gasteiger charge is -2.32. The van der Waals surface area contributed by atoms with Crippen molar-refractivity contribution in [3.05, 3.63) is 35.4 Å². The molecule has 98 valence electrons. The summed E-state index contributed by atoms with van der Waals surface area (Å²) < 4.78 is 5.45. The highest BCUT2D eigenvalue weighted by Crippen LogP contribution is 2.14. The molecule has 1 atom stereocenters. The number of carbonyl (C=O) groups is 1. The molecular weight excluding hydrogens is 228 g/mol. The topological polar surface area (TPSA) is 55.6 Å². The molecule has 1 aromatic carbocycles. The quantitative estimate of drug-likeness (QED) is 0.867. The van der Waals surface area contributed by atoms with Crippen molar-refractivity contribution in [2.75, 3.05) is 19.7 Å². The lowest BCUT2D eigenvalue weighted by molar-refractivity contribution is -0.149. The van der Waals surface area contributed by atoms with Gasteiger partial charge in [-0.15, -0.1) is 0 Å². The fourth-order valence-corrected chi connectivity index (χ4v) is 2.22. The van der Waals surface area contributed by atoms with Crippen molar-refractivity contribution >= 4 is 5.91 Å². The van der Waals surface area contributed by atoms with E-state index in [2.05, 4.69) is 19.1 Å². The van der Waals surface area contributed by atoms with Crippen LogP contribution >= 0.6 is 0 Å². The van der Waals surface area contributed by atoms with Crippen molar-refractivity contribution in [3.63, 3.8) is 0 Å². The van der Waals surface area contributed by atoms with Crippen molar-refractivity contribution in [2.24, 2.45) is 5.73 Å². The van der Waals surface area contributed by atoms with Crippen molar-refractivity contribution < 1.29 is 9.53 Å². The predicted molar refractivity (Wildman–Crippen MR) is 70.0 cm³/mol. The van der Waals surface area contributed by atoms with E-state index in [1.165, 1.54) is 5.56 Å². The van der Waals surface area contributed by atoms with Crippen LogP contribution in [0.3, 0.4) is 0 Å². The Labute approximate surface area is 108 Å². The molecule has 2 rings (SSSR count). The average molecular weight is 248 g/mol. The van der Waals surface area contributed by atoms with Crippen LogP contribution in [0.15, 0.2) is 24.3 Å². The molecule has 1 aliphatic rings. The van der Waals surface area contributed by atoms with Gasteiger partial charge in [0.2, 0.25) is 5.91 Å². The number of nitrogens with two attached hydrogens (primary N) is 1. The highest BCUT2D eigenvalue weighted by atomic mass is 16.5. The molecule has 1 saturated heterocycles. The van der Waals surface area contributed by atoms with Gasteiger partial charge >= 0.3 is 0 Å². The number of hydrogen-bond donors (Lipinski definition) is 1. The van der Waals surface area contributed by atoms with Crippen molar-refractivity contribution in [3.8, 4) is 0 Å². The van der Waals surface area contributed by atoms with Gasteiger partial charge in [-0.25, -0.2) is 0 Å². The first-order valence-electron chi connectivity index (χ1n) is 6.34. The molecule has 2 N–H and O–H groups in total.